The maximum Gasteiger partial charge on any atom is 0.274 e. The molecule has 2 aromatic heterocycles. The molecule has 0 spiro atoms. The van der Waals surface area contributed by atoms with E-state index in [1.807, 2.05) is 18.7 Å². The van der Waals surface area contributed by atoms with Crippen LogP contribution in [-0.4, -0.2) is 69.2 Å². The first-order valence-corrected chi connectivity index (χ1v) is 11.4. The van der Waals surface area contributed by atoms with Crippen molar-refractivity contribution >= 4 is 23.1 Å². The van der Waals surface area contributed by atoms with Crippen molar-refractivity contribution in [3.63, 3.8) is 0 Å². The molecule has 4 rings (SSSR count). The second kappa shape index (κ2) is 9.82. The minimum absolute atomic E-state index is 0.0181. The van der Waals surface area contributed by atoms with Gasteiger partial charge in [0.1, 0.15) is 27.7 Å². The van der Waals surface area contributed by atoms with Gasteiger partial charge in [-0.1, -0.05) is 36.4 Å². The highest BCUT2D eigenvalue weighted by Crippen LogP contribution is 2.43. The molecule has 34 heavy (non-hydrogen) atoms. The van der Waals surface area contributed by atoms with Crippen molar-refractivity contribution < 1.29 is 28.8 Å². The summed E-state index contributed by atoms with van der Waals surface area (Å²) in [5.74, 6) is -0.452. The number of amides is 1. The maximum atomic E-state index is 12.7. The summed E-state index contributed by atoms with van der Waals surface area (Å²) < 4.78 is 16.5. The first kappa shape index (κ1) is 23.7. The molecule has 3 heterocycles. The summed E-state index contributed by atoms with van der Waals surface area (Å²) in [4.78, 5) is 15.2. The molecule has 180 valence electrons. The van der Waals surface area contributed by atoms with Crippen molar-refractivity contribution in [1.82, 2.24) is 20.5 Å². The number of carbonyl (C=O) groups is 1. The number of thiocarbonyl (C=S) groups is 1. The molecule has 3 N–H and O–H groups in total. The number of rotatable bonds is 6. The number of morpholine rings is 1. The van der Waals surface area contributed by atoms with Crippen molar-refractivity contribution in [3.8, 4) is 34.1 Å². The Morgan fingerprint density at radius 3 is 2.56 bits per heavy atom. The smallest absolute Gasteiger partial charge is 0.274 e. The van der Waals surface area contributed by atoms with Crippen LogP contribution in [0, 0.1) is 0 Å². The van der Waals surface area contributed by atoms with E-state index in [4.69, 9.17) is 26.0 Å². The topological polar surface area (TPSA) is 134 Å². The SMILES string of the molecule is CCNC(=O)c1noc(-c2cc(C(C)C)c(O)cc2O)c1-c1cc(C(=S)N2CCOCC2)no1. The Morgan fingerprint density at radius 2 is 1.88 bits per heavy atom. The second-order valence-electron chi connectivity index (χ2n) is 8.16. The third-order valence-electron chi connectivity index (χ3n) is 5.53. The van der Waals surface area contributed by atoms with Crippen molar-refractivity contribution in [2.45, 2.75) is 26.7 Å². The van der Waals surface area contributed by atoms with Crippen LogP contribution in [0.25, 0.3) is 22.6 Å². The fourth-order valence-corrected chi connectivity index (χ4v) is 4.04. The summed E-state index contributed by atoms with van der Waals surface area (Å²) in [6.45, 7) is 8.41. The predicted octanol–water partition coefficient (Wildman–Crippen LogP) is 3.29. The Balaban J connectivity index is 1.82. The Bertz CT molecular complexity index is 1210. The Hall–Kier alpha value is -3.44. The summed E-state index contributed by atoms with van der Waals surface area (Å²) in [5, 5.41) is 31.6. The molecule has 10 nitrogen and oxygen atoms in total. The van der Waals surface area contributed by atoms with Gasteiger partial charge in [0, 0.05) is 31.8 Å². The van der Waals surface area contributed by atoms with Gasteiger partial charge < -0.3 is 34.2 Å². The molecule has 1 aromatic carbocycles. The van der Waals surface area contributed by atoms with E-state index < -0.39 is 5.91 Å². The van der Waals surface area contributed by atoms with Gasteiger partial charge in [0.05, 0.1) is 18.8 Å². The van der Waals surface area contributed by atoms with Crippen LogP contribution in [0.2, 0.25) is 0 Å². The fraction of sp³-hybridized carbons (Fsp3) is 0.391. The first-order valence-electron chi connectivity index (χ1n) is 11.0. The lowest BCUT2D eigenvalue weighted by molar-refractivity contribution is 0.0691. The number of phenols is 2. The number of benzene rings is 1. The highest BCUT2D eigenvalue weighted by atomic mass is 32.1. The molecular weight excluding hydrogens is 460 g/mol. The van der Waals surface area contributed by atoms with Gasteiger partial charge in [0.2, 0.25) is 0 Å². The van der Waals surface area contributed by atoms with Crippen LogP contribution < -0.4 is 5.32 Å². The monoisotopic (exact) mass is 486 g/mol. The summed E-state index contributed by atoms with van der Waals surface area (Å²) in [5.41, 5.74) is 1.49. The summed E-state index contributed by atoms with van der Waals surface area (Å²) >= 11 is 5.58. The van der Waals surface area contributed by atoms with Gasteiger partial charge in [-0.05, 0) is 24.5 Å². The number of hydrogen-bond donors (Lipinski definition) is 3. The molecule has 3 aromatic rings. The molecule has 1 aliphatic heterocycles. The second-order valence-corrected chi connectivity index (χ2v) is 8.55. The van der Waals surface area contributed by atoms with Gasteiger partial charge in [-0.25, -0.2) is 0 Å². The van der Waals surface area contributed by atoms with Crippen LogP contribution in [0.3, 0.4) is 0 Å². The third-order valence-corrected chi connectivity index (χ3v) is 6.00. The number of ether oxygens (including phenoxy) is 1. The molecule has 1 aliphatic rings. The number of hydrogen-bond acceptors (Lipinski definition) is 9. The Labute approximate surface area is 201 Å². The van der Waals surface area contributed by atoms with Gasteiger partial charge in [-0.3, -0.25) is 4.79 Å². The van der Waals surface area contributed by atoms with Gasteiger partial charge in [0.25, 0.3) is 5.91 Å². The third kappa shape index (κ3) is 4.48. The van der Waals surface area contributed by atoms with Crippen molar-refractivity contribution in [2.75, 3.05) is 32.8 Å². The van der Waals surface area contributed by atoms with Crippen LogP contribution in [0.1, 0.15) is 48.4 Å². The zero-order valence-corrected chi connectivity index (χ0v) is 19.9. The summed E-state index contributed by atoms with van der Waals surface area (Å²) in [7, 11) is 0. The largest absolute Gasteiger partial charge is 0.508 e. The quantitative estimate of drug-likeness (QED) is 0.446. The number of nitrogens with zero attached hydrogens (tertiary/aromatic N) is 3. The highest BCUT2D eigenvalue weighted by Gasteiger charge is 2.30. The number of aromatic hydroxyl groups is 2. The molecule has 0 saturated carbocycles. The summed E-state index contributed by atoms with van der Waals surface area (Å²) in [6, 6.07) is 4.47. The summed E-state index contributed by atoms with van der Waals surface area (Å²) in [6.07, 6.45) is 0. The van der Waals surface area contributed by atoms with Crippen LogP contribution in [-0.2, 0) is 4.74 Å². The van der Waals surface area contributed by atoms with Gasteiger partial charge >= 0.3 is 0 Å². The Morgan fingerprint density at radius 1 is 1.15 bits per heavy atom. The molecule has 0 radical (unpaired) electrons. The number of phenolic OH excluding ortho intramolecular Hbond substituents is 2. The molecule has 0 bridgehead atoms. The normalized spacial score (nSPS) is 13.9. The molecule has 0 unspecified atom stereocenters. The fourth-order valence-electron chi connectivity index (χ4n) is 3.76. The molecule has 0 atom stereocenters. The van der Waals surface area contributed by atoms with Crippen LogP contribution in [0.5, 0.6) is 11.5 Å². The average Bonchev–Trinajstić information content (AvgIpc) is 3.46. The van der Waals surface area contributed by atoms with Crippen molar-refractivity contribution in [1.29, 1.82) is 0 Å². The molecule has 1 saturated heterocycles. The van der Waals surface area contributed by atoms with E-state index in [1.165, 1.54) is 6.07 Å². The molecular formula is C23H26N4O6S. The Kier molecular flexibility index (Phi) is 6.85. The lowest BCUT2D eigenvalue weighted by Gasteiger charge is -2.27. The van der Waals surface area contributed by atoms with Crippen molar-refractivity contribution in [2.24, 2.45) is 0 Å². The lowest BCUT2D eigenvalue weighted by Crippen LogP contribution is -2.40. The predicted molar refractivity (Wildman–Crippen MR) is 127 cm³/mol. The van der Waals surface area contributed by atoms with Crippen LogP contribution in [0.4, 0.5) is 0 Å². The molecule has 0 aliphatic carbocycles. The highest BCUT2D eigenvalue weighted by molar-refractivity contribution is 7.80. The standard InChI is InChI=1S/C23H26N4O6S/c1-4-24-22(30)20-19(18-10-15(25-32-18)23(34)27-5-7-31-8-6-27)21(33-26-20)14-9-13(12(2)3)16(28)11-17(14)29/h9-12,28-29H,4-8H2,1-3H3,(H,24,30). The number of nitrogens with one attached hydrogen (secondary N) is 1. The van der Waals surface area contributed by atoms with Crippen LogP contribution >= 0.6 is 12.2 Å². The average molecular weight is 487 g/mol. The van der Waals surface area contributed by atoms with E-state index in [1.54, 1.807) is 19.1 Å². The van der Waals surface area contributed by atoms with Gasteiger partial charge in [0.15, 0.2) is 17.2 Å². The molecule has 1 fully saturated rings. The van der Waals surface area contributed by atoms with E-state index >= 15 is 0 Å². The van der Waals surface area contributed by atoms with Crippen molar-refractivity contribution in [3.05, 3.63) is 35.2 Å². The zero-order chi connectivity index (χ0) is 24.4. The van der Waals surface area contributed by atoms with Gasteiger partial charge in [-0.15, -0.1) is 0 Å². The van der Waals surface area contributed by atoms with Gasteiger partial charge in [-0.2, -0.15) is 0 Å². The minimum Gasteiger partial charge on any atom is -0.508 e. The maximum absolute atomic E-state index is 12.7. The van der Waals surface area contributed by atoms with E-state index in [0.29, 0.717) is 49.1 Å². The number of aromatic nitrogens is 2. The first-order chi connectivity index (χ1) is 16.3. The van der Waals surface area contributed by atoms with E-state index in [-0.39, 0.29) is 45.8 Å². The van der Waals surface area contributed by atoms with Crippen LogP contribution in [0.15, 0.2) is 27.2 Å². The molecule has 11 heteroatoms. The molecule has 1 amide bonds. The van der Waals surface area contributed by atoms with E-state index in [9.17, 15) is 15.0 Å². The van der Waals surface area contributed by atoms with E-state index in [0.717, 1.165) is 0 Å². The zero-order valence-electron chi connectivity index (χ0n) is 19.1. The van der Waals surface area contributed by atoms with E-state index in [2.05, 4.69) is 15.6 Å². The minimum atomic E-state index is -0.469. The number of carbonyl (C=O) groups excluding carboxylic acids is 1. The lowest BCUT2D eigenvalue weighted by atomic mass is 9.95.